The topological polar surface area (TPSA) is 74.8 Å². The number of H-pyrrole nitrogens is 1. The summed E-state index contributed by atoms with van der Waals surface area (Å²) in [7, 11) is 0. The maximum atomic E-state index is 12.0. The molecule has 1 saturated carbocycles. The molecule has 1 fully saturated rings. The Balaban J connectivity index is 1.99. The van der Waals surface area contributed by atoms with E-state index >= 15 is 0 Å². The van der Waals surface area contributed by atoms with Crippen molar-refractivity contribution < 1.29 is 4.79 Å². The summed E-state index contributed by atoms with van der Waals surface area (Å²) in [5.41, 5.74) is 0. The van der Waals surface area contributed by atoms with Crippen LogP contribution in [0, 0.1) is 5.92 Å². The highest BCUT2D eigenvalue weighted by Gasteiger charge is 2.34. The maximum absolute atomic E-state index is 12.0. The molecule has 1 N–H and O–H groups in total. The number of carbonyl (C=O) groups is 1. The highest BCUT2D eigenvalue weighted by molar-refractivity contribution is 5.90. The SMILES string of the molecule is CC(C)CCN(C(=O)c1nn[nH]n1)C1CC1. The van der Waals surface area contributed by atoms with Gasteiger partial charge in [-0.1, -0.05) is 13.8 Å². The van der Waals surface area contributed by atoms with E-state index in [9.17, 15) is 4.79 Å². The Hall–Kier alpha value is -1.46. The van der Waals surface area contributed by atoms with Crippen molar-refractivity contribution in [2.75, 3.05) is 6.54 Å². The van der Waals surface area contributed by atoms with Gasteiger partial charge < -0.3 is 4.90 Å². The molecule has 2 rings (SSSR count). The van der Waals surface area contributed by atoms with Crippen LogP contribution in [0.5, 0.6) is 0 Å². The molecule has 1 aromatic heterocycles. The zero-order chi connectivity index (χ0) is 11.5. The highest BCUT2D eigenvalue weighted by atomic mass is 16.2. The fraction of sp³-hybridized carbons (Fsp3) is 0.800. The van der Waals surface area contributed by atoms with E-state index in [4.69, 9.17) is 0 Å². The van der Waals surface area contributed by atoms with Gasteiger partial charge in [-0.25, -0.2) is 0 Å². The van der Waals surface area contributed by atoms with Crippen LogP contribution in [-0.4, -0.2) is 44.0 Å². The fourth-order valence-corrected chi connectivity index (χ4v) is 1.61. The third kappa shape index (κ3) is 2.56. The molecule has 6 nitrogen and oxygen atoms in total. The summed E-state index contributed by atoms with van der Waals surface area (Å²) in [6.07, 6.45) is 3.21. The number of aromatic amines is 1. The number of hydrogen-bond donors (Lipinski definition) is 1. The number of hydrogen-bond acceptors (Lipinski definition) is 4. The van der Waals surface area contributed by atoms with Gasteiger partial charge in [0.15, 0.2) is 0 Å². The molecule has 0 aromatic carbocycles. The predicted molar refractivity (Wildman–Crippen MR) is 57.7 cm³/mol. The molecule has 0 aliphatic heterocycles. The minimum absolute atomic E-state index is 0.100. The molecule has 1 aliphatic carbocycles. The van der Waals surface area contributed by atoms with Crippen molar-refractivity contribution in [3.63, 3.8) is 0 Å². The lowest BCUT2D eigenvalue weighted by molar-refractivity contribution is 0.0723. The number of aromatic nitrogens is 4. The predicted octanol–water partition coefficient (Wildman–Crippen LogP) is 0.850. The van der Waals surface area contributed by atoms with Crippen LogP contribution in [0.25, 0.3) is 0 Å². The van der Waals surface area contributed by atoms with E-state index in [0.29, 0.717) is 12.0 Å². The molecule has 0 bridgehead atoms. The maximum Gasteiger partial charge on any atom is 0.295 e. The average molecular weight is 223 g/mol. The first-order chi connectivity index (χ1) is 7.68. The van der Waals surface area contributed by atoms with Crippen LogP contribution in [0.4, 0.5) is 0 Å². The summed E-state index contributed by atoms with van der Waals surface area (Å²) in [6, 6.07) is 0.393. The second kappa shape index (κ2) is 4.59. The molecule has 0 spiro atoms. The number of nitrogens with one attached hydrogen (secondary N) is 1. The second-order valence-corrected chi connectivity index (χ2v) is 4.65. The Labute approximate surface area is 94.4 Å². The van der Waals surface area contributed by atoms with Crippen molar-refractivity contribution >= 4 is 5.91 Å². The molecule has 16 heavy (non-hydrogen) atoms. The Kier molecular flexibility index (Phi) is 3.17. The van der Waals surface area contributed by atoms with Crippen molar-refractivity contribution in [3.05, 3.63) is 5.82 Å². The van der Waals surface area contributed by atoms with Crippen molar-refractivity contribution in [2.24, 2.45) is 5.92 Å². The number of nitrogens with zero attached hydrogens (tertiary/aromatic N) is 4. The summed E-state index contributed by atoms with van der Waals surface area (Å²) in [6.45, 7) is 5.10. The molecule has 1 heterocycles. The minimum atomic E-state index is -0.100. The molecule has 1 aliphatic rings. The lowest BCUT2D eigenvalue weighted by atomic mass is 10.1. The zero-order valence-electron chi connectivity index (χ0n) is 9.68. The van der Waals surface area contributed by atoms with Gasteiger partial charge in [-0.2, -0.15) is 5.21 Å². The number of rotatable bonds is 5. The summed E-state index contributed by atoms with van der Waals surface area (Å²) in [5, 5.41) is 13.2. The van der Waals surface area contributed by atoms with Crippen molar-refractivity contribution in [1.29, 1.82) is 0 Å². The largest absolute Gasteiger partial charge is 0.333 e. The average Bonchev–Trinajstić information content (AvgIpc) is 2.93. The molecular weight excluding hydrogens is 206 g/mol. The second-order valence-electron chi connectivity index (χ2n) is 4.65. The van der Waals surface area contributed by atoms with Crippen molar-refractivity contribution in [2.45, 2.75) is 39.2 Å². The van der Waals surface area contributed by atoms with Gasteiger partial charge in [-0.05, 0) is 30.4 Å². The summed E-state index contributed by atoms with van der Waals surface area (Å²) < 4.78 is 0. The first-order valence-corrected chi connectivity index (χ1v) is 5.73. The van der Waals surface area contributed by atoms with Gasteiger partial charge in [-0.15, -0.1) is 10.2 Å². The third-order valence-corrected chi connectivity index (χ3v) is 2.73. The quantitative estimate of drug-likeness (QED) is 0.803. The Morgan fingerprint density at radius 1 is 1.56 bits per heavy atom. The molecule has 0 unspecified atom stereocenters. The van der Waals surface area contributed by atoms with E-state index in [1.54, 1.807) is 0 Å². The summed E-state index contributed by atoms with van der Waals surface area (Å²) in [5.74, 6) is 0.673. The third-order valence-electron chi connectivity index (χ3n) is 2.73. The van der Waals surface area contributed by atoms with Gasteiger partial charge in [0.05, 0.1) is 0 Å². The van der Waals surface area contributed by atoms with Crippen LogP contribution in [0.15, 0.2) is 0 Å². The highest BCUT2D eigenvalue weighted by Crippen LogP contribution is 2.28. The molecular formula is C10H17N5O. The van der Waals surface area contributed by atoms with Crippen LogP contribution in [0.3, 0.4) is 0 Å². The van der Waals surface area contributed by atoms with Crippen LogP contribution in [-0.2, 0) is 0 Å². The lowest BCUT2D eigenvalue weighted by Gasteiger charge is -2.21. The van der Waals surface area contributed by atoms with Crippen LogP contribution < -0.4 is 0 Å². The Bertz CT molecular complexity index is 344. The monoisotopic (exact) mass is 223 g/mol. The van der Waals surface area contributed by atoms with E-state index in [2.05, 4.69) is 34.5 Å². The number of amides is 1. The lowest BCUT2D eigenvalue weighted by Crippen LogP contribution is -2.35. The van der Waals surface area contributed by atoms with E-state index in [0.717, 1.165) is 25.8 Å². The standard InChI is InChI=1S/C10H17N5O/c1-7(2)5-6-15(8-3-4-8)10(16)9-11-13-14-12-9/h7-8H,3-6H2,1-2H3,(H,11,12,13,14). The summed E-state index contributed by atoms with van der Waals surface area (Å²) in [4.78, 5) is 13.9. The van der Waals surface area contributed by atoms with Gasteiger partial charge in [0.25, 0.3) is 11.7 Å². The van der Waals surface area contributed by atoms with Crippen molar-refractivity contribution in [1.82, 2.24) is 25.5 Å². The zero-order valence-corrected chi connectivity index (χ0v) is 9.68. The number of tetrazole rings is 1. The first kappa shape index (κ1) is 11.0. The van der Waals surface area contributed by atoms with E-state index < -0.39 is 0 Å². The molecule has 6 heteroatoms. The summed E-state index contributed by atoms with van der Waals surface area (Å²) >= 11 is 0. The first-order valence-electron chi connectivity index (χ1n) is 5.73. The van der Waals surface area contributed by atoms with Crippen LogP contribution in [0.2, 0.25) is 0 Å². The van der Waals surface area contributed by atoms with E-state index in [1.165, 1.54) is 0 Å². The van der Waals surface area contributed by atoms with Crippen LogP contribution >= 0.6 is 0 Å². The molecule has 1 aromatic rings. The molecule has 1 amide bonds. The molecule has 0 saturated heterocycles. The van der Waals surface area contributed by atoms with Crippen molar-refractivity contribution in [3.8, 4) is 0 Å². The Morgan fingerprint density at radius 3 is 2.81 bits per heavy atom. The van der Waals surface area contributed by atoms with E-state index in [1.807, 2.05) is 4.90 Å². The Morgan fingerprint density at radius 2 is 2.31 bits per heavy atom. The van der Waals surface area contributed by atoms with E-state index in [-0.39, 0.29) is 11.7 Å². The molecule has 0 atom stereocenters. The number of carbonyl (C=O) groups excluding carboxylic acids is 1. The van der Waals surface area contributed by atoms with Gasteiger partial charge in [0, 0.05) is 12.6 Å². The van der Waals surface area contributed by atoms with Crippen LogP contribution in [0.1, 0.15) is 43.7 Å². The minimum Gasteiger partial charge on any atom is -0.333 e. The van der Waals surface area contributed by atoms with Gasteiger partial charge in [0.1, 0.15) is 0 Å². The molecule has 88 valence electrons. The van der Waals surface area contributed by atoms with Gasteiger partial charge in [-0.3, -0.25) is 4.79 Å². The normalized spacial score (nSPS) is 15.4. The van der Waals surface area contributed by atoms with Gasteiger partial charge in [0.2, 0.25) is 0 Å². The fourth-order valence-electron chi connectivity index (χ4n) is 1.61. The molecule has 0 radical (unpaired) electrons. The smallest absolute Gasteiger partial charge is 0.295 e. The van der Waals surface area contributed by atoms with Gasteiger partial charge >= 0.3 is 0 Å².